The van der Waals surface area contributed by atoms with Crippen LogP contribution in [0.1, 0.15) is 27.7 Å². The molecule has 0 unspecified atom stereocenters. The van der Waals surface area contributed by atoms with Crippen molar-refractivity contribution >= 4 is 154 Å². The molecule has 0 atom stereocenters. The van der Waals surface area contributed by atoms with E-state index in [-0.39, 0.29) is 0 Å². The predicted molar refractivity (Wildman–Crippen MR) is 453 cm³/mol. The van der Waals surface area contributed by atoms with Crippen molar-refractivity contribution in [3.05, 3.63) is 357 Å². The molecular weight excluding hydrogens is 1310 g/mol. The number of hydrogen-bond acceptors (Lipinski definition) is 4. The minimum Gasteiger partial charge on any atom is -0.399 e. The van der Waals surface area contributed by atoms with E-state index in [2.05, 4.69) is 348 Å². The molecule has 1 saturated heterocycles. The average Bonchev–Trinajstić information content (AvgIpc) is 1.35. The fraction of sp³-hybridized carbons (Fsp3) is 0.0600. The highest BCUT2D eigenvalue weighted by Crippen LogP contribution is 2.50. The van der Waals surface area contributed by atoms with E-state index in [9.17, 15) is 0 Å². The van der Waals surface area contributed by atoms with Gasteiger partial charge < -0.3 is 9.31 Å². The van der Waals surface area contributed by atoms with Crippen LogP contribution < -0.4 is 5.46 Å². The number of benzene rings is 18. The van der Waals surface area contributed by atoms with E-state index >= 15 is 0 Å². The Bertz CT molecular complexity index is 6930. The summed E-state index contributed by atoms with van der Waals surface area (Å²) in [7, 11) is -0.442. The molecule has 6 heteroatoms. The third kappa shape index (κ3) is 10.9. The molecule has 0 amide bonds. The number of halogens is 1. The average molecular weight is 1380 g/mol. The van der Waals surface area contributed by atoms with Gasteiger partial charge >= 0.3 is 7.12 Å². The molecule has 0 saturated carbocycles. The van der Waals surface area contributed by atoms with E-state index in [0.29, 0.717) is 5.15 Å². The molecule has 502 valence electrons. The lowest BCUT2D eigenvalue weighted by molar-refractivity contribution is 0.00578. The van der Waals surface area contributed by atoms with E-state index in [0.717, 1.165) is 49.3 Å². The number of aromatic nitrogens is 2. The maximum absolute atomic E-state index is 6.55. The van der Waals surface area contributed by atoms with E-state index < -0.39 is 18.3 Å². The minimum atomic E-state index is -0.442. The fourth-order valence-electron chi connectivity index (χ4n) is 16.6. The summed E-state index contributed by atoms with van der Waals surface area (Å²) in [6, 6.07) is 126. The molecule has 0 bridgehead atoms. The van der Waals surface area contributed by atoms with Crippen LogP contribution in [-0.2, 0) is 9.31 Å². The van der Waals surface area contributed by atoms with E-state index in [4.69, 9.17) is 25.9 Å². The predicted octanol–water partition coefficient (Wildman–Crippen LogP) is 27.0. The summed E-state index contributed by atoms with van der Waals surface area (Å²) in [5, 5.41) is 27.3. The van der Waals surface area contributed by atoms with Crippen LogP contribution in [0.15, 0.2) is 352 Å². The highest BCUT2D eigenvalue weighted by Gasteiger charge is 2.52. The minimum absolute atomic E-state index is 0.414. The first-order chi connectivity index (χ1) is 52.0. The molecule has 1 fully saturated rings. The van der Waals surface area contributed by atoms with Crippen LogP contribution in [0.4, 0.5) is 0 Å². The third-order valence-electron chi connectivity index (χ3n) is 22.3. The summed E-state index contributed by atoms with van der Waals surface area (Å²) in [6.07, 6.45) is 0. The van der Waals surface area contributed by atoms with Crippen LogP contribution in [-0.4, -0.2) is 28.3 Å². The first kappa shape index (κ1) is 64.5. The Labute approximate surface area is 620 Å². The van der Waals surface area contributed by atoms with Crippen molar-refractivity contribution in [2.75, 3.05) is 0 Å². The lowest BCUT2D eigenvalue weighted by Crippen LogP contribution is -2.41. The summed E-state index contributed by atoms with van der Waals surface area (Å²) >= 11 is 6.12. The second-order valence-electron chi connectivity index (χ2n) is 28.8. The Hall–Kier alpha value is -12.3. The molecule has 2 aromatic heterocycles. The van der Waals surface area contributed by atoms with Gasteiger partial charge in [-0.05, 0) is 193 Å². The molecule has 18 aromatic carbocycles. The lowest BCUT2D eigenvalue weighted by atomic mass is 9.76. The molecular formula is C100H70BClN2O2. The van der Waals surface area contributed by atoms with Gasteiger partial charge in [0.15, 0.2) is 0 Å². The Kier molecular flexibility index (Phi) is 15.9. The zero-order valence-corrected chi connectivity index (χ0v) is 59.9. The first-order valence-corrected chi connectivity index (χ1v) is 36.9. The van der Waals surface area contributed by atoms with Gasteiger partial charge in [0.25, 0.3) is 0 Å². The number of para-hydroxylation sites is 2. The van der Waals surface area contributed by atoms with Gasteiger partial charge in [0, 0.05) is 27.1 Å². The van der Waals surface area contributed by atoms with Crippen LogP contribution in [0, 0.1) is 0 Å². The molecule has 20 aromatic rings. The lowest BCUT2D eigenvalue weighted by Gasteiger charge is -2.32. The van der Waals surface area contributed by atoms with Crippen molar-refractivity contribution in [3.8, 4) is 55.8 Å². The molecule has 0 N–H and O–H groups in total. The number of fused-ring (bicyclic) bond motifs is 14. The standard InChI is InChI=1S/C47H29N.C40H33BO2.C13H8ClN/c1-3-17-33-30(13-1)15-11-24-37(33)45-39-21-6-7-22-40(39)46(38-25-12-16-31-14-2-4-18-34(31)38)43-29-32(27-28-41(43)45)47-42-23-8-5-19-35(42)36-20-9-10-26-44(36)48-47;1-39(2)40(3,4)43-41(42-39)28-23-24-35-36(25-28)38(32-22-12-16-27-14-6-8-18-30(27)32)34-20-10-9-19-33(34)37(35)31-21-11-15-26-13-5-7-17-29(26)31;14-13-11-7-2-1-5-9(11)10-6-3-4-8-12(10)15-13/h1-29H;5-25H,1-4H3;1-8H. The first-order valence-electron chi connectivity index (χ1n) is 36.5. The molecule has 1 aliphatic heterocycles. The number of pyridine rings is 2. The van der Waals surface area contributed by atoms with Crippen LogP contribution in [0.25, 0.3) is 185 Å². The molecule has 3 heterocycles. The normalized spacial score (nSPS) is 13.4. The third-order valence-corrected chi connectivity index (χ3v) is 22.6. The molecule has 1 aliphatic rings. The molecule has 106 heavy (non-hydrogen) atoms. The van der Waals surface area contributed by atoms with Gasteiger partial charge in [-0.3, -0.25) is 0 Å². The number of rotatable bonds is 6. The van der Waals surface area contributed by atoms with Gasteiger partial charge in [-0.2, -0.15) is 0 Å². The van der Waals surface area contributed by atoms with Crippen LogP contribution in [0.2, 0.25) is 5.15 Å². The Morgan fingerprint density at radius 1 is 0.245 bits per heavy atom. The van der Waals surface area contributed by atoms with E-state index in [1.54, 1.807) is 0 Å². The SMILES string of the molecule is CC1(C)OB(c2ccc3c(-c4cccc5ccccc45)c4ccccc4c(-c4cccc5ccccc45)c3c2)OC1(C)C.Clc1nc2ccccc2c2ccccc12.c1ccc2c(-c3c4ccccc4c(-c4cccc5ccccc45)c4cc(-c5nc6ccccc6c6ccccc56)ccc34)cccc2c1. The van der Waals surface area contributed by atoms with Crippen LogP contribution >= 0.6 is 11.6 Å². The van der Waals surface area contributed by atoms with Gasteiger partial charge in [0.05, 0.1) is 27.9 Å². The summed E-state index contributed by atoms with van der Waals surface area (Å²) in [6.45, 7) is 8.45. The van der Waals surface area contributed by atoms with Gasteiger partial charge in [0.1, 0.15) is 5.15 Å². The van der Waals surface area contributed by atoms with Gasteiger partial charge in [-0.15, -0.1) is 0 Å². The van der Waals surface area contributed by atoms with Crippen molar-refractivity contribution < 1.29 is 9.31 Å². The molecule has 0 spiro atoms. The number of nitrogens with zero attached hydrogens (tertiary/aromatic N) is 2. The summed E-state index contributed by atoms with van der Waals surface area (Å²) < 4.78 is 13.1. The van der Waals surface area contributed by atoms with Gasteiger partial charge in [0.2, 0.25) is 0 Å². The Morgan fingerprint density at radius 3 is 0.962 bits per heavy atom. The quantitative estimate of drug-likeness (QED) is 0.0720. The highest BCUT2D eigenvalue weighted by atomic mass is 35.5. The van der Waals surface area contributed by atoms with E-state index in [1.165, 1.54) is 141 Å². The highest BCUT2D eigenvalue weighted by molar-refractivity contribution is 6.62. The summed E-state index contributed by atoms with van der Waals surface area (Å²) in [5.74, 6) is 0. The van der Waals surface area contributed by atoms with E-state index in [1.807, 2.05) is 36.4 Å². The van der Waals surface area contributed by atoms with Crippen LogP contribution in [0.3, 0.4) is 0 Å². The Balaban J connectivity index is 0.000000122. The Morgan fingerprint density at radius 2 is 0.538 bits per heavy atom. The largest absolute Gasteiger partial charge is 0.494 e. The van der Waals surface area contributed by atoms with Gasteiger partial charge in [-0.25, -0.2) is 9.97 Å². The molecule has 21 rings (SSSR count). The summed E-state index contributed by atoms with van der Waals surface area (Å²) in [4.78, 5) is 9.69. The topological polar surface area (TPSA) is 44.2 Å². The van der Waals surface area contributed by atoms with Crippen molar-refractivity contribution in [1.29, 1.82) is 0 Å². The molecule has 4 nitrogen and oxygen atoms in total. The second kappa shape index (κ2) is 26.1. The van der Waals surface area contributed by atoms with Crippen molar-refractivity contribution in [3.63, 3.8) is 0 Å². The molecule has 0 radical (unpaired) electrons. The second-order valence-corrected chi connectivity index (χ2v) is 29.2. The monoisotopic (exact) mass is 1380 g/mol. The van der Waals surface area contributed by atoms with Crippen molar-refractivity contribution in [2.24, 2.45) is 0 Å². The van der Waals surface area contributed by atoms with Crippen molar-refractivity contribution in [1.82, 2.24) is 9.97 Å². The smallest absolute Gasteiger partial charge is 0.399 e. The van der Waals surface area contributed by atoms with Crippen molar-refractivity contribution in [2.45, 2.75) is 38.9 Å². The van der Waals surface area contributed by atoms with Gasteiger partial charge in [-0.1, -0.05) is 345 Å². The number of hydrogen-bond donors (Lipinski definition) is 0. The maximum Gasteiger partial charge on any atom is 0.494 e. The summed E-state index contributed by atoms with van der Waals surface area (Å²) in [5.41, 5.74) is 14.3. The molecule has 0 aliphatic carbocycles. The van der Waals surface area contributed by atoms with Crippen LogP contribution in [0.5, 0.6) is 0 Å². The maximum atomic E-state index is 6.55. The zero-order chi connectivity index (χ0) is 71.2. The fourth-order valence-corrected chi connectivity index (χ4v) is 16.8. The zero-order valence-electron chi connectivity index (χ0n) is 59.2.